The van der Waals surface area contributed by atoms with Crippen molar-refractivity contribution in [2.45, 2.75) is 32.6 Å². The molecule has 2 N–H and O–H groups in total. The predicted molar refractivity (Wildman–Crippen MR) is 52.1 cm³/mol. The van der Waals surface area contributed by atoms with Crippen LogP contribution in [-0.4, -0.2) is 0 Å². The summed E-state index contributed by atoms with van der Waals surface area (Å²) in [7, 11) is 0. The van der Waals surface area contributed by atoms with Gasteiger partial charge in [0.15, 0.2) is 0 Å². The zero-order valence-corrected chi connectivity index (χ0v) is 7.95. The van der Waals surface area contributed by atoms with E-state index >= 15 is 0 Å². The largest absolute Gasteiger partial charge is 0.398 e. The van der Waals surface area contributed by atoms with Gasteiger partial charge in [-0.3, -0.25) is 0 Å². The zero-order valence-electron chi connectivity index (χ0n) is 7.13. The van der Waals surface area contributed by atoms with E-state index in [1.165, 1.54) is 17.7 Å². The van der Waals surface area contributed by atoms with Crippen molar-refractivity contribution in [2.75, 3.05) is 5.73 Å². The molecule has 2 heteroatoms. The Balaban J connectivity index is 2.67. The van der Waals surface area contributed by atoms with Gasteiger partial charge in [0.2, 0.25) is 0 Å². The molecule has 0 saturated carbocycles. The number of hydrogen-bond donors (Lipinski definition) is 1. The van der Waals surface area contributed by atoms with Crippen molar-refractivity contribution in [3.63, 3.8) is 0 Å². The highest BCUT2D eigenvalue weighted by molar-refractivity contribution is 7.10. The van der Waals surface area contributed by atoms with Gasteiger partial charge in [0, 0.05) is 10.6 Å². The summed E-state index contributed by atoms with van der Waals surface area (Å²) in [6, 6.07) is 1.99. The number of anilines is 1. The lowest BCUT2D eigenvalue weighted by atomic mass is 10.0. The van der Waals surface area contributed by atoms with Gasteiger partial charge in [0.05, 0.1) is 0 Å². The third-order valence-corrected chi connectivity index (χ3v) is 3.06. The lowest BCUT2D eigenvalue weighted by Crippen LogP contribution is -1.93. The molecule has 0 spiro atoms. The van der Waals surface area contributed by atoms with Crippen LogP contribution in [0, 0.1) is 0 Å². The average Bonchev–Trinajstić information content (AvgIpc) is 2.36. The fourth-order valence-electron chi connectivity index (χ4n) is 1.30. The molecule has 0 fully saturated rings. The van der Waals surface area contributed by atoms with E-state index in [1.54, 1.807) is 11.3 Å². The molecule has 1 nitrogen and oxygen atoms in total. The van der Waals surface area contributed by atoms with Gasteiger partial charge in [-0.1, -0.05) is 20.3 Å². The van der Waals surface area contributed by atoms with Crippen molar-refractivity contribution >= 4 is 17.0 Å². The van der Waals surface area contributed by atoms with Crippen LogP contribution in [0.5, 0.6) is 0 Å². The van der Waals surface area contributed by atoms with Crippen molar-refractivity contribution in [1.29, 1.82) is 0 Å². The van der Waals surface area contributed by atoms with Gasteiger partial charge < -0.3 is 5.73 Å². The molecule has 11 heavy (non-hydrogen) atoms. The maximum absolute atomic E-state index is 5.78. The highest BCUT2D eigenvalue weighted by atomic mass is 32.1. The average molecular weight is 169 g/mol. The van der Waals surface area contributed by atoms with Crippen molar-refractivity contribution in [1.82, 2.24) is 0 Å². The summed E-state index contributed by atoms with van der Waals surface area (Å²) in [5.74, 6) is 0.639. The quantitative estimate of drug-likeness (QED) is 0.738. The van der Waals surface area contributed by atoms with Crippen LogP contribution >= 0.6 is 11.3 Å². The molecule has 0 aliphatic heterocycles. The van der Waals surface area contributed by atoms with Crippen LogP contribution in [0.4, 0.5) is 5.69 Å². The van der Waals surface area contributed by atoms with Crippen molar-refractivity contribution in [2.24, 2.45) is 0 Å². The van der Waals surface area contributed by atoms with Crippen LogP contribution in [0.2, 0.25) is 0 Å². The Morgan fingerprint density at radius 2 is 2.36 bits per heavy atom. The second-order valence-electron chi connectivity index (χ2n) is 2.93. The number of nitrogens with two attached hydrogens (primary N) is 1. The third-order valence-electron chi connectivity index (χ3n) is 1.90. The van der Waals surface area contributed by atoms with Crippen LogP contribution in [0.1, 0.15) is 37.5 Å². The first-order chi connectivity index (χ1) is 5.25. The summed E-state index contributed by atoms with van der Waals surface area (Å²) in [4.78, 5) is 1.35. The summed E-state index contributed by atoms with van der Waals surface area (Å²) in [6.45, 7) is 4.45. The number of nitrogen functional groups attached to an aromatic ring is 1. The molecule has 0 unspecified atom stereocenters. The first-order valence-corrected chi connectivity index (χ1v) is 4.96. The van der Waals surface area contributed by atoms with Gasteiger partial charge in [0.1, 0.15) is 0 Å². The van der Waals surface area contributed by atoms with Crippen LogP contribution in [-0.2, 0) is 0 Å². The van der Waals surface area contributed by atoms with E-state index in [0.29, 0.717) is 5.92 Å². The molecule has 1 aromatic heterocycles. The van der Waals surface area contributed by atoms with E-state index < -0.39 is 0 Å². The van der Waals surface area contributed by atoms with E-state index in [0.717, 1.165) is 5.69 Å². The highest BCUT2D eigenvalue weighted by Gasteiger charge is 2.08. The Hall–Kier alpha value is -0.500. The molecule has 0 amide bonds. The molecule has 62 valence electrons. The summed E-state index contributed by atoms with van der Waals surface area (Å²) in [5.41, 5.74) is 6.75. The number of hydrogen-bond acceptors (Lipinski definition) is 2. The minimum atomic E-state index is 0.639. The summed E-state index contributed by atoms with van der Waals surface area (Å²) in [5, 5.41) is 2.07. The maximum atomic E-state index is 5.78. The fraction of sp³-hybridized carbons (Fsp3) is 0.556. The molecule has 1 rings (SSSR count). The first-order valence-electron chi connectivity index (χ1n) is 4.08. The van der Waals surface area contributed by atoms with Crippen molar-refractivity contribution < 1.29 is 0 Å². The van der Waals surface area contributed by atoms with Gasteiger partial charge in [-0.25, -0.2) is 0 Å². The minimum Gasteiger partial charge on any atom is -0.398 e. The van der Waals surface area contributed by atoms with E-state index in [-0.39, 0.29) is 0 Å². The van der Waals surface area contributed by atoms with Crippen LogP contribution in [0.25, 0.3) is 0 Å². The molecule has 1 aromatic rings. The topological polar surface area (TPSA) is 26.0 Å². The first kappa shape index (κ1) is 8.60. The van der Waals surface area contributed by atoms with E-state index in [9.17, 15) is 0 Å². The van der Waals surface area contributed by atoms with E-state index in [2.05, 4.69) is 19.2 Å². The van der Waals surface area contributed by atoms with Gasteiger partial charge in [-0.05, 0) is 23.8 Å². The van der Waals surface area contributed by atoms with Crippen LogP contribution in [0.15, 0.2) is 11.4 Å². The Morgan fingerprint density at radius 3 is 2.82 bits per heavy atom. The smallest absolute Gasteiger partial charge is 0.0458 e. The van der Waals surface area contributed by atoms with E-state index in [4.69, 9.17) is 5.73 Å². The van der Waals surface area contributed by atoms with Gasteiger partial charge in [-0.2, -0.15) is 0 Å². The summed E-state index contributed by atoms with van der Waals surface area (Å²) >= 11 is 1.77. The lowest BCUT2D eigenvalue weighted by molar-refractivity contribution is 0.676. The third kappa shape index (κ3) is 1.96. The van der Waals surface area contributed by atoms with Gasteiger partial charge >= 0.3 is 0 Å². The normalized spacial score (nSPS) is 13.3. The minimum absolute atomic E-state index is 0.639. The molecular weight excluding hydrogens is 154 g/mol. The molecule has 1 heterocycles. The van der Waals surface area contributed by atoms with Gasteiger partial charge in [-0.15, -0.1) is 11.3 Å². The molecule has 1 atom stereocenters. The monoisotopic (exact) mass is 169 g/mol. The van der Waals surface area contributed by atoms with Crippen LogP contribution in [0.3, 0.4) is 0 Å². The van der Waals surface area contributed by atoms with Gasteiger partial charge in [0.25, 0.3) is 0 Å². The molecule has 0 aliphatic carbocycles. The standard InChI is InChI=1S/C9H15NS/c1-3-4-7(2)9-8(10)5-6-11-9/h5-7H,3-4,10H2,1-2H3/t7-/m1/s1. The van der Waals surface area contributed by atoms with Crippen molar-refractivity contribution in [3.8, 4) is 0 Å². The fourth-order valence-corrected chi connectivity index (χ4v) is 2.21. The molecule has 0 saturated heterocycles. The second-order valence-corrected chi connectivity index (χ2v) is 3.88. The molecule has 0 aromatic carbocycles. The van der Waals surface area contributed by atoms with Crippen molar-refractivity contribution in [3.05, 3.63) is 16.3 Å². The molecule has 0 aliphatic rings. The Bertz CT molecular complexity index is 217. The van der Waals surface area contributed by atoms with E-state index in [1.807, 2.05) is 6.07 Å². The Labute approximate surface area is 72.2 Å². The SMILES string of the molecule is CCC[C@@H](C)c1sccc1N. The molecular formula is C9H15NS. The molecule has 0 bridgehead atoms. The lowest BCUT2D eigenvalue weighted by Gasteiger charge is -2.07. The zero-order chi connectivity index (χ0) is 8.27. The molecule has 0 radical (unpaired) electrons. The summed E-state index contributed by atoms with van der Waals surface area (Å²) < 4.78 is 0. The Kier molecular flexibility index (Phi) is 2.94. The number of rotatable bonds is 3. The highest BCUT2D eigenvalue weighted by Crippen LogP contribution is 2.30. The Morgan fingerprint density at radius 1 is 1.64 bits per heavy atom. The van der Waals surface area contributed by atoms with Crippen LogP contribution < -0.4 is 5.73 Å². The second kappa shape index (κ2) is 3.77. The summed E-state index contributed by atoms with van der Waals surface area (Å²) in [6.07, 6.45) is 2.48. The predicted octanol–water partition coefficient (Wildman–Crippen LogP) is 3.23. The number of thiophene rings is 1. The maximum Gasteiger partial charge on any atom is 0.0458 e.